The molecule has 4 heteroatoms. The maximum atomic E-state index is 13.9. The van der Waals surface area contributed by atoms with Crippen LogP contribution in [0.2, 0.25) is 0 Å². The van der Waals surface area contributed by atoms with Gasteiger partial charge in [-0.05, 0) is 38.5 Å². The zero-order valence-corrected chi connectivity index (χ0v) is 9.95. The Morgan fingerprint density at radius 1 is 1.12 bits per heavy atom. The largest absolute Gasteiger partial charge is 0.295 e. The van der Waals surface area contributed by atoms with Crippen LogP contribution >= 0.6 is 0 Å². The van der Waals surface area contributed by atoms with Crippen LogP contribution in [0.25, 0.3) is 16.6 Å². The summed E-state index contributed by atoms with van der Waals surface area (Å²) in [5, 5.41) is 0. The van der Waals surface area contributed by atoms with Gasteiger partial charge in [-0.15, -0.1) is 0 Å². The number of nitrogens with zero attached hydrogens (tertiary/aromatic N) is 3. The molecule has 0 aliphatic carbocycles. The third-order valence-electron chi connectivity index (χ3n) is 3.02. The molecule has 2 heterocycles. The van der Waals surface area contributed by atoms with Crippen LogP contribution in [0.4, 0.5) is 4.39 Å². The van der Waals surface area contributed by atoms with E-state index in [1.165, 1.54) is 6.07 Å². The van der Waals surface area contributed by atoms with Gasteiger partial charge in [-0.1, -0.05) is 0 Å². The molecule has 0 N–H and O–H groups in total. The summed E-state index contributed by atoms with van der Waals surface area (Å²) in [6, 6.07) is 3.43. The van der Waals surface area contributed by atoms with Crippen LogP contribution in [0.15, 0.2) is 18.5 Å². The van der Waals surface area contributed by atoms with E-state index in [2.05, 4.69) is 9.97 Å². The maximum absolute atomic E-state index is 13.9. The number of halogens is 1. The SMILES string of the molecule is Cc1cc(F)c2nc(C)c3c(C)ncn3c2c1. The van der Waals surface area contributed by atoms with Crippen LogP contribution in [0.5, 0.6) is 0 Å². The molecule has 0 saturated heterocycles. The van der Waals surface area contributed by atoms with Gasteiger partial charge >= 0.3 is 0 Å². The smallest absolute Gasteiger partial charge is 0.151 e. The van der Waals surface area contributed by atoms with E-state index in [1.807, 2.05) is 31.2 Å². The van der Waals surface area contributed by atoms with Crippen LogP contribution < -0.4 is 0 Å². The lowest BCUT2D eigenvalue weighted by Gasteiger charge is -2.07. The highest BCUT2D eigenvalue weighted by atomic mass is 19.1. The Morgan fingerprint density at radius 2 is 1.88 bits per heavy atom. The monoisotopic (exact) mass is 229 g/mol. The van der Waals surface area contributed by atoms with E-state index in [0.29, 0.717) is 5.52 Å². The average Bonchev–Trinajstić information content (AvgIpc) is 2.64. The van der Waals surface area contributed by atoms with Crippen molar-refractivity contribution in [3.8, 4) is 0 Å². The van der Waals surface area contributed by atoms with Crippen molar-refractivity contribution < 1.29 is 4.39 Å². The number of hydrogen-bond donors (Lipinski definition) is 0. The van der Waals surface area contributed by atoms with Gasteiger partial charge < -0.3 is 0 Å². The lowest BCUT2D eigenvalue weighted by Crippen LogP contribution is -1.97. The molecule has 0 radical (unpaired) electrons. The molecule has 0 bridgehead atoms. The van der Waals surface area contributed by atoms with Gasteiger partial charge in [-0.2, -0.15) is 0 Å². The van der Waals surface area contributed by atoms with Gasteiger partial charge in [0.15, 0.2) is 5.82 Å². The Bertz CT molecular complexity index is 743. The molecular weight excluding hydrogens is 217 g/mol. The Labute approximate surface area is 97.9 Å². The summed E-state index contributed by atoms with van der Waals surface area (Å²) in [5.41, 5.74) is 4.73. The Hall–Kier alpha value is -1.97. The minimum atomic E-state index is -0.281. The lowest BCUT2D eigenvalue weighted by atomic mass is 10.2. The number of imidazole rings is 1. The molecule has 3 aromatic rings. The van der Waals surface area contributed by atoms with Crippen molar-refractivity contribution in [2.24, 2.45) is 0 Å². The summed E-state index contributed by atoms with van der Waals surface area (Å²) in [6.07, 6.45) is 1.72. The molecule has 0 atom stereocenters. The number of aromatic nitrogens is 3. The highest BCUT2D eigenvalue weighted by molar-refractivity contribution is 5.81. The molecule has 0 aliphatic rings. The first-order chi connectivity index (χ1) is 8.08. The second kappa shape index (κ2) is 3.26. The number of aryl methyl sites for hydroxylation is 3. The Morgan fingerprint density at radius 3 is 2.65 bits per heavy atom. The minimum absolute atomic E-state index is 0.281. The first kappa shape index (κ1) is 10.2. The molecule has 0 saturated carbocycles. The van der Waals surface area contributed by atoms with Gasteiger partial charge in [-0.25, -0.2) is 14.4 Å². The van der Waals surface area contributed by atoms with Crippen molar-refractivity contribution in [3.63, 3.8) is 0 Å². The second-order valence-corrected chi connectivity index (χ2v) is 4.36. The summed E-state index contributed by atoms with van der Waals surface area (Å²) < 4.78 is 15.8. The summed E-state index contributed by atoms with van der Waals surface area (Å²) >= 11 is 0. The quantitative estimate of drug-likeness (QED) is 0.593. The van der Waals surface area contributed by atoms with Crippen molar-refractivity contribution in [1.82, 2.24) is 14.4 Å². The normalized spacial score (nSPS) is 11.5. The zero-order valence-electron chi connectivity index (χ0n) is 9.95. The Balaban J connectivity index is 2.64. The zero-order chi connectivity index (χ0) is 12.2. The predicted octanol–water partition coefficient (Wildman–Crippen LogP) is 2.95. The van der Waals surface area contributed by atoms with Crippen LogP contribution in [0.3, 0.4) is 0 Å². The molecule has 0 aliphatic heterocycles. The van der Waals surface area contributed by atoms with E-state index in [1.54, 1.807) is 6.33 Å². The maximum Gasteiger partial charge on any atom is 0.151 e. The van der Waals surface area contributed by atoms with Crippen molar-refractivity contribution in [2.75, 3.05) is 0 Å². The summed E-state index contributed by atoms with van der Waals surface area (Å²) in [4.78, 5) is 8.61. The molecule has 3 rings (SSSR count). The molecule has 0 unspecified atom stereocenters. The van der Waals surface area contributed by atoms with Gasteiger partial charge in [0.05, 0.1) is 22.4 Å². The fourth-order valence-electron chi connectivity index (χ4n) is 2.29. The molecule has 86 valence electrons. The van der Waals surface area contributed by atoms with Gasteiger partial charge in [-0.3, -0.25) is 4.40 Å². The van der Waals surface area contributed by atoms with Gasteiger partial charge in [0.25, 0.3) is 0 Å². The number of fused-ring (bicyclic) bond motifs is 3. The molecule has 1 aromatic carbocycles. The predicted molar refractivity (Wildman–Crippen MR) is 64.7 cm³/mol. The molecule has 17 heavy (non-hydrogen) atoms. The van der Waals surface area contributed by atoms with Crippen LogP contribution in [-0.2, 0) is 0 Å². The standard InChI is InChI=1S/C13H12FN3/c1-7-4-10(14)12-11(5-7)17-6-15-8(2)13(17)9(3)16-12/h4-6H,1-3H3. The molecule has 0 spiro atoms. The number of hydrogen-bond acceptors (Lipinski definition) is 2. The van der Waals surface area contributed by atoms with Gasteiger partial charge in [0.1, 0.15) is 11.8 Å². The Kier molecular flexibility index (Phi) is 1.96. The van der Waals surface area contributed by atoms with Crippen molar-refractivity contribution in [1.29, 1.82) is 0 Å². The summed E-state index contributed by atoms with van der Waals surface area (Å²) in [7, 11) is 0. The number of rotatable bonds is 0. The van der Waals surface area contributed by atoms with E-state index < -0.39 is 0 Å². The number of benzene rings is 1. The van der Waals surface area contributed by atoms with E-state index >= 15 is 0 Å². The van der Waals surface area contributed by atoms with Crippen molar-refractivity contribution in [3.05, 3.63) is 41.2 Å². The topological polar surface area (TPSA) is 30.2 Å². The van der Waals surface area contributed by atoms with E-state index in [-0.39, 0.29) is 5.82 Å². The average molecular weight is 229 g/mol. The van der Waals surface area contributed by atoms with Crippen LogP contribution in [-0.4, -0.2) is 14.4 Å². The minimum Gasteiger partial charge on any atom is -0.295 e. The van der Waals surface area contributed by atoms with Crippen molar-refractivity contribution in [2.45, 2.75) is 20.8 Å². The molecule has 0 fully saturated rings. The van der Waals surface area contributed by atoms with Gasteiger partial charge in [0.2, 0.25) is 0 Å². The fraction of sp³-hybridized carbons (Fsp3) is 0.231. The molecule has 2 aromatic heterocycles. The highest BCUT2D eigenvalue weighted by Gasteiger charge is 2.12. The summed E-state index contributed by atoms with van der Waals surface area (Å²) in [5.74, 6) is -0.281. The van der Waals surface area contributed by atoms with E-state index in [0.717, 1.165) is 28.0 Å². The highest BCUT2D eigenvalue weighted by Crippen LogP contribution is 2.23. The lowest BCUT2D eigenvalue weighted by molar-refractivity contribution is 0.635. The first-order valence-corrected chi connectivity index (χ1v) is 5.48. The van der Waals surface area contributed by atoms with E-state index in [9.17, 15) is 4.39 Å². The van der Waals surface area contributed by atoms with Gasteiger partial charge in [0, 0.05) is 0 Å². The third kappa shape index (κ3) is 1.33. The van der Waals surface area contributed by atoms with Crippen molar-refractivity contribution >= 4 is 16.6 Å². The molecule has 0 amide bonds. The molecular formula is C13H12FN3. The van der Waals surface area contributed by atoms with Crippen LogP contribution in [0, 0.1) is 26.6 Å². The third-order valence-corrected chi connectivity index (χ3v) is 3.02. The second-order valence-electron chi connectivity index (χ2n) is 4.36. The summed E-state index contributed by atoms with van der Waals surface area (Å²) in [6.45, 7) is 5.68. The van der Waals surface area contributed by atoms with E-state index in [4.69, 9.17) is 0 Å². The first-order valence-electron chi connectivity index (χ1n) is 5.48. The fourth-order valence-corrected chi connectivity index (χ4v) is 2.29. The molecule has 3 nitrogen and oxygen atoms in total. The van der Waals surface area contributed by atoms with Crippen LogP contribution in [0.1, 0.15) is 17.0 Å².